The minimum Gasteiger partial charge on any atom is -0.370 e. The lowest BCUT2D eigenvalue weighted by molar-refractivity contribution is -0.118. The van der Waals surface area contributed by atoms with Gasteiger partial charge in [-0.05, 0) is 55.8 Å². The highest BCUT2D eigenvalue weighted by molar-refractivity contribution is 7.99. The molecule has 7 nitrogen and oxygen atoms in total. The first-order chi connectivity index (χ1) is 16.7. The van der Waals surface area contributed by atoms with Crippen LogP contribution in [-0.4, -0.2) is 51.0 Å². The summed E-state index contributed by atoms with van der Waals surface area (Å²) in [6, 6.07) is 22.1. The quantitative estimate of drug-likeness (QED) is 0.346. The van der Waals surface area contributed by atoms with Crippen molar-refractivity contribution in [2.75, 3.05) is 30.3 Å². The molecule has 4 aromatic rings. The third-order valence-corrected chi connectivity index (χ3v) is 6.28. The average Bonchev–Trinajstić information content (AvgIpc) is 3.30. The van der Waals surface area contributed by atoms with Crippen molar-refractivity contribution in [3.05, 3.63) is 84.7 Å². The van der Waals surface area contributed by atoms with Gasteiger partial charge in [0, 0.05) is 49.0 Å². The van der Waals surface area contributed by atoms with Crippen LogP contribution >= 0.6 is 11.8 Å². The van der Waals surface area contributed by atoms with Gasteiger partial charge in [-0.1, -0.05) is 42.1 Å². The van der Waals surface area contributed by atoms with Crippen molar-refractivity contribution in [1.29, 1.82) is 0 Å². The summed E-state index contributed by atoms with van der Waals surface area (Å²) in [6.07, 6.45) is 3.49. The molecule has 0 unspecified atom stereocenters. The summed E-state index contributed by atoms with van der Waals surface area (Å²) >= 11 is 1.37. The SMILES string of the molecule is CCN(CCNC(=O)CSc1nnc(-c2cccnc2)n1-c1ccccc1)c1cccc(C)c1. The lowest BCUT2D eigenvalue weighted by Gasteiger charge is -2.23. The van der Waals surface area contributed by atoms with E-state index in [-0.39, 0.29) is 11.7 Å². The Morgan fingerprint density at radius 3 is 2.65 bits per heavy atom. The number of nitrogens with one attached hydrogen (secondary N) is 1. The number of benzene rings is 2. The van der Waals surface area contributed by atoms with Gasteiger partial charge < -0.3 is 10.2 Å². The molecule has 0 saturated carbocycles. The first kappa shape index (κ1) is 23.5. The molecule has 34 heavy (non-hydrogen) atoms. The zero-order valence-electron chi connectivity index (χ0n) is 19.4. The minimum absolute atomic E-state index is 0.0316. The third kappa shape index (κ3) is 5.82. The van der Waals surface area contributed by atoms with Gasteiger partial charge in [0.2, 0.25) is 5.91 Å². The molecule has 8 heteroatoms. The average molecular weight is 473 g/mol. The predicted molar refractivity (Wildman–Crippen MR) is 137 cm³/mol. The first-order valence-electron chi connectivity index (χ1n) is 11.3. The van der Waals surface area contributed by atoms with Crippen LogP contribution in [0.3, 0.4) is 0 Å². The number of aromatic nitrogens is 4. The lowest BCUT2D eigenvalue weighted by Crippen LogP contribution is -2.35. The molecule has 0 bridgehead atoms. The summed E-state index contributed by atoms with van der Waals surface area (Å²) < 4.78 is 1.96. The first-order valence-corrected chi connectivity index (χ1v) is 12.3. The zero-order chi connectivity index (χ0) is 23.8. The Morgan fingerprint density at radius 2 is 1.91 bits per heavy atom. The number of pyridine rings is 1. The topological polar surface area (TPSA) is 75.9 Å². The molecule has 0 aliphatic rings. The number of hydrogen-bond acceptors (Lipinski definition) is 6. The number of rotatable bonds is 10. The van der Waals surface area contributed by atoms with E-state index < -0.39 is 0 Å². The van der Waals surface area contributed by atoms with Crippen molar-refractivity contribution in [2.45, 2.75) is 19.0 Å². The molecule has 2 heterocycles. The van der Waals surface area contributed by atoms with Crippen molar-refractivity contribution < 1.29 is 4.79 Å². The number of aryl methyl sites for hydroxylation is 1. The number of amides is 1. The lowest BCUT2D eigenvalue weighted by atomic mass is 10.2. The van der Waals surface area contributed by atoms with Crippen molar-refractivity contribution in [3.63, 3.8) is 0 Å². The van der Waals surface area contributed by atoms with Crippen LogP contribution in [0.1, 0.15) is 12.5 Å². The Hall–Kier alpha value is -3.65. The third-order valence-electron chi connectivity index (χ3n) is 5.35. The second-order valence-electron chi connectivity index (χ2n) is 7.78. The van der Waals surface area contributed by atoms with Gasteiger partial charge in [-0.15, -0.1) is 10.2 Å². The molecule has 1 N–H and O–H groups in total. The van der Waals surface area contributed by atoms with Gasteiger partial charge in [0.05, 0.1) is 5.75 Å². The Bertz CT molecular complexity index is 1210. The van der Waals surface area contributed by atoms with Crippen LogP contribution in [0, 0.1) is 6.92 Å². The van der Waals surface area contributed by atoms with E-state index in [9.17, 15) is 4.79 Å². The summed E-state index contributed by atoms with van der Waals surface area (Å²) in [7, 11) is 0. The number of nitrogens with zero attached hydrogens (tertiary/aromatic N) is 5. The van der Waals surface area contributed by atoms with Gasteiger partial charge in [-0.25, -0.2) is 0 Å². The van der Waals surface area contributed by atoms with E-state index in [0.717, 1.165) is 24.3 Å². The van der Waals surface area contributed by atoms with E-state index in [1.54, 1.807) is 12.4 Å². The van der Waals surface area contributed by atoms with E-state index in [2.05, 4.69) is 63.5 Å². The maximum absolute atomic E-state index is 12.6. The Kier molecular flexibility index (Phi) is 7.93. The van der Waals surface area contributed by atoms with Gasteiger partial charge >= 0.3 is 0 Å². The normalized spacial score (nSPS) is 10.8. The fourth-order valence-electron chi connectivity index (χ4n) is 3.66. The molecule has 0 aliphatic carbocycles. The van der Waals surface area contributed by atoms with Gasteiger partial charge in [0.15, 0.2) is 11.0 Å². The molecule has 174 valence electrons. The minimum atomic E-state index is -0.0316. The van der Waals surface area contributed by atoms with E-state index in [4.69, 9.17) is 0 Å². The second kappa shape index (κ2) is 11.5. The molecule has 2 aromatic carbocycles. The fourth-order valence-corrected chi connectivity index (χ4v) is 4.44. The second-order valence-corrected chi connectivity index (χ2v) is 8.72. The van der Waals surface area contributed by atoms with Crippen LogP contribution in [0.4, 0.5) is 5.69 Å². The summed E-state index contributed by atoms with van der Waals surface area (Å²) in [4.78, 5) is 19.0. The van der Waals surface area contributed by atoms with E-state index in [0.29, 0.717) is 17.5 Å². The highest BCUT2D eigenvalue weighted by Crippen LogP contribution is 2.27. The monoisotopic (exact) mass is 472 g/mol. The van der Waals surface area contributed by atoms with Crippen LogP contribution in [0.15, 0.2) is 84.3 Å². The molecule has 1 amide bonds. The van der Waals surface area contributed by atoms with Gasteiger partial charge in [-0.2, -0.15) is 0 Å². The Labute approximate surface area is 204 Å². The van der Waals surface area contributed by atoms with Crippen molar-refractivity contribution in [3.8, 4) is 17.1 Å². The molecule has 2 aromatic heterocycles. The zero-order valence-corrected chi connectivity index (χ0v) is 20.2. The number of para-hydroxylation sites is 1. The molecular weight excluding hydrogens is 444 g/mol. The summed E-state index contributed by atoms with van der Waals surface area (Å²) in [6.45, 7) is 6.42. The highest BCUT2D eigenvalue weighted by Gasteiger charge is 2.17. The Balaban J connectivity index is 1.39. The number of hydrogen-bond donors (Lipinski definition) is 1. The molecule has 0 fully saturated rings. The maximum Gasteiger partial charge on any atom is 0.230 e. The summed E-state index contributed by atoms with van der Waals surface area (Å²) in [5, 5.41) is 12.5. The fraction of sp³-hybridized carbons (Fsp3) is 0.231. The molecule has 0 aliphatic heterocycles. The van der Waals surface area contributed by atoms with Crippen molar-refractivity contribution in [1.82, 2.24) is 25.1 Å². The molecule has 0 radical (unpaired) electrons. The number of anilines is 1. The standard InChI is InChI=1S/C26H28N6OS/c1-3-31(23-13-7-9-20(2)17-23)16-15-28-24(33)19-34-26-30-29-25(21-10-8-14-27-18-21)32(26)22-11-5-4-6-12-22/h4-14,17-18H,3,15-16,19H2,1-2H3,(H,28,33). The van der Waals surface area contributed by atoms with Crippen LogP contribution in [0.5, 0.6) is 0 Å². The Morgan fingerprint density at radius 1 is 1.06 bits per heavy atom. The molecule has 4 rings (SSSR count). The van der Waals surface area contributed by atoms with Crippen LogP contribution < -0.4 is 10.2 Å². The van der Waals surface area contributed by atoms with Gasteiger partial charge in [0.1, 0.15) is 0 Å². The van der Waals surface area contributed by atoms with E-state index in [1.807, 2.05) is 47.0 Å². The predicted octanol–water partition coefficient (Wildman–Crippen LogP) is 4.37. The molecule has 0 atom stereocenters. The summed E-state index contributed by atoms with van der Waals surface area (Å²) in [5.41, 5.74) is 4.20. The smallest absolute Gasteiger partial charge is 0.230 e. The van der Waals surface area contributed by atoms with Crippen LogP contribution in [-0.2, 0) is 4.79 Å². The van der Waals surface area contributed by atoms with E-state index >= 15 is 0 Å². The van der Waals surface area contributed by atoms with Gasteiger partial charge in [-0.3, -0.25) is 14.3 Å². The summed E-state index contributed by atoms with van der Waals surface area (Å²) in [5.74, 6) is 0.920. The number of likely N-dealkylation sites (N-methyl/N-ethyl adjacent to an activating group) is 1. The van der Waals surface area contributed by atoms with Crippen molar-refractivity contribution >= 4 is 23.4 Å². The maximum atomic E-state index is 12.6. The number of carbonyl (C=O) groups excluding carboxylic acids is 1. The van der Waals surface area contributed by atoms with Crippen LogP contribution in [0.25, 0.3) is 17.1 Å². The number of thioether (sulfide) groups is 1. The molecular formula is C26H28N6OS. The van der Waals surface area contributed by atoms with Gasteiger partial charge in [0.25, 0.3) is 0 Å². The van der Waals surface area contributed by atoms with Crippen LogP contribution in [0.2, 0.25) is 0 Å². The molecule has 0 saturated heterocycles. The largest absolute Gasteiger partial charge is 0.370 e. The van der Waals surface area contributed by atoms with E-state index in [1.165, 1.54) is 23.0 Å². The molecule has 0 spiro atoms. The number of carbonyl (C=O) groups is 1. The highest BCUT2D eigenvalue weighted by atomic mass is 32.2. The van der Waals surface area contributed by atoms with Crippen molar-refractivity contribution in [2.24, 2.45) is 0 Å².